The van der Waals surface area contributed by atoms with Crippen LogP contribution in [0.3, 0.4) is 0 Å². The van der Waals surface area contributed by atoms with Gasteiger partial charge < -0.3 is 8.85 Å². The summed E-state index contributed by atoms with van der Waals surface area (Å²) < 4.78 is 13.4. The molecule has 2 nitrogen and oxygen atoms in total. The highest BCUT2D eigenvalue weighted by Gasteiger charge is 2.52. The second-order valence-corrected chi connectivity index (χ2v) is 11.4. The molecule has 0 aromatic heterocycles. The molecular formula is C19H38O2Si. The Kier molecular flexibility index (Phi) is 7.92. The van der Waals surface area contributed by atoms with E-state index in [1.54, 1.807) is 0 Å². The SMILES string of the molecule is CCCO[Si](OCCC)(C1CCCCC1)C1CCC(C)CC1. The Morgan fingerprint density at radius 2 is 1.23 bits per heavy atom. The summed E-state index contributed by atoms with van der Waals surface area (Å²) in [5.41, 5.74) is 1.52. The van der Waals surface area contributed by atoms with Gasteiger partial charge in [0, 0.05) is 24.3 Å². The second-order valence-electron chi connectivity index (χ2n) is 7.71. The first-order valence-electron chi connectivity index (χ1n) is 10.0. The summed E-state index contributed by atoms with van der Waals surface area (Å²) in [6, 6.07) is 0. The zero-order chi connectivity index (χ0) is 15.8. The maximum absolute atomic E-state index is 6.71. The van der Waals surface area contributed by atoms with Crippen LogP contribution in [0.5, 0.6) is 0 Å². The van der Waals surface area contributed by atoms with Crippen LogP contribution in [-0.2, 0) is 8.85 Å². The van der Waals surface area contributed by atoms with Crippen molar-refractivity contribution in [1.82, 2.24) is 0 Å². The van der Waals surface area contributed by atoms with Crippen LogP contribution in [0, 0.1) is 5.92 Å². The zero-order valence-corrected chi connectivity index (χ0v) is 16.2. The Bertz CT molecular complexity index is 286. The minimum atomic E-state index is -2.07. The van der Waals surface area contributed by atoms with Crippen molar-refractivity contribution in [3.8, 4) is 0 Å². The number of hydrogen-bond acceptors (Lipinski definition) is 2. The van der Waals surface area contributed by atoms with Crippen molar-refractivity contribution in [2.75, 3.05) is 13.2 Å². The molecule has 0 saturated heterocycles. The summed E-state index contributed by atoms with van der Waals surface area (Å²) in [6.07, 6.45) is 14.7. The molecule has 0 aromatic rings. The molecule has 0 spiro atoms. The molecule has 2 aliphatic rings. The molecule has 0 aromatic carbocycles. The molecule has 0 atom stereocenters. The molecule has 0 unspecified atom stereocenters. The largest absolute Gasteiger partial charge is 0.394 e. The fourth-order valence-electron chi connectivity index (χ4n) is 4.54. The van der Waals surface area contributed by atoms with Gasteiger partial charge in [0.15, 0.2) is 0 Å². The summed E-state index contributed by atoms with van der Waals surface area (Å²) in [5, 5.41) is 0. The quantitative estimate of drug-likeness (QED) is 0.495. The van der Waals surface area contributed by atoms with E-state index in [1.165, 1.54) is 57.8 Å². The van der Waals surface area contributed by atoms with E-state index in [0.29, 0.717) is 0 Å². The van der Waals surface area contributed by atoms with Crippen molar-refractivity contribution in [2.24, 2.45) is 5.92 Å². The van der Waals surface area contributed by atoms with E-state index in [2.05, 4.69) is 20.8 Å². The Labute approximate surface area is 139 Å². The van der Waals surface area contributed by atoms with E-state index in [-0.39, 0.29) is 0 Å². The Morgan fingerprint density at radius 1 is 0.727 bits per heavy atom. The van der Waals surface area contributed by atoms with E-state index in [0.717, 1.165) is 43.1 Å². The first-order chi connectivity index (χ1) is 10.7. The van der Waals surface area contributed by atoms with Crippen LogP contribution in [0.1, 0.15) is 91.4 Å². The maximum atomic E-state index is 6.71. The van der Waals surface area contributed by atoms with E-state index in [4.69, 9.17) is 8.85 Å². The summed E-state index contributed by atoms with van der Waals surface area (Å²) in [5.74, 6) is 0.909. The highest BCUT2D eigenvalue weighted by molar-refractivity contribution is 6.70. The Balaban J connectivity index is 2.17. The van der Waals surface area contributed by atoms with Crippen molar-refractivity contribution < 1.29 is 8.85 Å². The highest BCUT2D eigenvalue weighted by atomic mass is 28.4. The molecule has 22 heavy (non-hydrogen) atoms. The van der Waals surface area contributed by atoms with Crippen molar-refractivity contribution in [3.63, 3.8) is 0 Å². The minimum Gasteiger partial charge on any atom is -0.394 e. The average molecular weight is 327 g/mol. The van der Waals surface area contributed by atoms with Crippen LogP contribution in [0.25, 0.3) is 0 Å². The highest BCUT2D eigenvalue weighted by Crippen LogP contribution is 2.50. The van der Waals surface area contributed by atoms with E-state index in [9.17, 15) is 0 Å². The van der Waals surface area contributed by atoms with Crippen molar-refractivity contribution in [3.05, 3.63) is 0 Å². The second kappa shape index (κ2) is 9.44. The lowest BCUT2D eigenvalue weighted by atomic mass is 9.90. The van der Waals surface area contributed by atoms with Gasteiger partial charge in [-0.2, -0.15) is 0 Å². The third-order valence-electron chi connectivity index (χ3n) is 5.82. The first-order valence-corrected chi connectivity index (χ1v) is 12.0. The molecule has 0 amide bonds. The number of hydrogen-bond donors (Lipinski definition) is 0. The summed E-state index contributed by atoms with van der Waals surface area (Å²) in [4.78, 5) is 0. The van der Waals surface area contributed by atoms with Gasteiger partial charge in [0.05, 0.1) is 0 Å². The topological polar surface area (TPSA) is 18.5 Å². The van der Waals surface area contributed by atoms with Gasteiger partial charge in [-0.3, -0.25) is 0 Å². The predicted molar refractivity (Wildman–Crippen MR) is 96.5 cm³/mol. The van der Waals surface area contributed by atoms with Crippen LogP contribution in [0.2, 0.25) is 11.1 Å². The normalized spacial score (nSPS) is 28.0. The summed E-state index contributed by atoms with van der Waals surface area (Å²) in [7, 11) is -2.07. The molecule has 2 fully saturated rings. The van der Waals surface area contributed by atoms with Gasteiger partial charge in [-0.05, 0) is 44.4 Å². The lowest BCUT2D eigenvalue weighted by Crippen LogP contribution is -2.53. The van der Waals surface area contributed by atoms with E-state index < -0.39 is 8.56 Å². The van der Waals surface area contributed by atoms with Crippen molar-refractivity contribution in [2.45, 2.75) is 102 Å². The molecule has 0 heterocycles. The number of rotatable bonds is 8. The monoisotopic (exact) mass is 326 g/mol. The Morgan fingerprint density at radius 3 is 1.73 bits per heavy atom. The predicted octanol–water partition coefficient (Wildman–Crippen LogP) is 6.20. The molecule has 0 bridgehead atoms. The lowest BCUT2D eigenvalue weighted by Gasteiger charge is -2.46. The lowest BCUT2D eigenvalue weighted by molar-refractivity contribution is 0.131. The fourth-order valence-corrected chi connectivity index (χ4v) is 9.63. The Hall–Kier alpha value is 0.137. The van der Waals surface area contributed by atoms with Crippen molar-refractivity contribution >= 4 is 8.56 Å². The third-order valence-corrected chi connectivity index (χ3v) is 10.6. The zero-order valence-electron chi connectivity index (χ0n) is 15.2. The van der Waals surface area contributed by atoms with Gasteiger partial charge >= 0.3 is 8.56 Å². The van der Waals surface area contributed by atoms with Gasteiger partial charge in [-0.15, -0.1) is 0 Å². The molecule has 2 rings (SSSR count). The molecule has 2 aliphatic carbocycles. The molecule has 0 aliphatic heterocycles. The summed E-state index contributed by atoms with van der Waals surface area (Å²) >= 11 is 0. The molecule has 3 heteroatoms. The smallest absolute Gasteiger partial charge is 0.344 e. The van der Waals surface area contributed by atoms with Crippen LogP contribution < -0.4 is 0 Å². The third kappa shape index (κ3) is 4.58. The summed E-state index contributed by atoms with van der Waals surface area (Å²) in [6.45, 7) is 8.72. The van der Waals surface area contributed by atoms with Gasteiger partial charge in [-0.25, -0.2) is 0 Å². The minimum absolute atomic E-state index is 0.755. The van der Waals surface area contributed by atoms with Crippen LogP contribution in [0.4, 0.5) is 0 Å². The van der Waals surface area contributed by atoms with Gasteiger partial charge in [0.1, 0.15) is 0 Å². The van der Waals surface area contributed by atoms with Crippen LogP contribution >= 0.6 is 0 Å². The standard InChI is InChI=1S/C19H38O2Si/c1-4-15-20-22(21-16-5-2,18-9-7-6-8-10-18)19-13-11-17(3)12-14-19/h17-19H,4-16H2,1-3H3. The van der Waals surface area contributed by atoms with E-state index in [1.807, 2.05) is 0 Å². The molecule has 0 N–H and O–H groups in total. The first kappa shape index (κ1) is 18.5. The molecular weight excluding hydrogens is 288 g/mol. The average Bonchev–Trinajstić information content (AvgIpc) is 2.57. The van der Waals surface area contributed by atoms with E-state index >= 15 is 0 Å². The van der Waals surface area contributed by atoms with Gasteiger partial charge in [0.25, 0.3) is 0 Å². The van der Waals surface area contributed by atoms with Crippen LogP contribution in [0.15, 0.2) is 0 Å². The van der Waals surface area contributed by atoms with Gasteiger partial charge in [-0.1, -0.05) is 52.9 Å². The van der Waals surface area contributed by atoms with Gasteiger partial charge in [0.2, 0.25) is 0 Å². The maximum Gasteiger partial charge on any atom is 0.344 e. The molecule has 130 valence electrons. The molecule has 0 radical (unpaired) electrons. The fraction of sp³-hybridized carbons (Fsp3) is 1.00. The van der Waals surface area contributed by atoms with Crippen molar-refractivity contribution in [1.29, 1.82) is 0 Å². The van der Waals surface area contributed by atoms with Crippen LogP contribution in [-0.4, -0.2) is 21.8 Å². The molecule has 2 saturated carbocycles.